The minimum Gasteiger partial charge on any atom is -0.493 e. The number of aromatic nitrogens is 1. The highest BCUT2D eigenvalue weighted by Crippen LogP contribution is 2.38. The van der Waals surface area contributed by atoms with Gasteiger partial charge < -0.3 is 19.1 Å². The van der Waals surface area contributed by atoms with Crippen molar-refractivity contribution in [2.24, 2.45) is 0 Å². The van der Waals surface area contributed by atoms with Gasteiger partial charge in [-0.05, 0) is 55.1 Å². The molecule has 9 heteroatoms. The largest absolute Gasteiger partial charge is 0.493 e. The molecule has 0 radical (unpaired) electrons. The Kier molecular flexibility index (Phi) is 9.15. The summed E-state index contributed by atoms with van der Waals surface area (Å²) < 4.78 is 17.2. The van der Waals surface area contributed by atoms with E-state index < -0.39 is 0 Å². The van der Waals surface area contributed by atoms with Gasteiger partial charge >= 0.3 is 0 Å². The second kappa shape index (κ2) is 12.1. The normalized spacial score (nSPS) is 11.4. The molecule has 0 atom stereocenters. The number of ether oxygens (including phenoxy) is 3. The summed E-state index contributed by atoms with van der Waals surface area (Å²) in [4.78, 5) is 22.0. The molecule has 34 heavy (non-hydrogen) atoms. The fraction of sp³-hybridized carbons (Fsp3) is 0.360. The molecule has 0 saturated heterocycles. The quantitative estimate of drug-likeness (QED) is 0.328. The van der Waals surface area contributed by atoms with E-state index in [9.17, 15) is 4.79 Å². The first kappa shape index (κ1) is 25.8. The van der Waals surface area contributed by atoms with Crippen LogP contribution in [0.4, 0.5) is 5.13 Å². The summed E-state index contributed by atoms with van der Waals surface area (Å²) >= 11 is 7.60. The summed E-state index contributed by atoms with van der Waals surface area (Å²) in [7, 11) is 4.67. The van der Waals surface area contributed by atoms with E-state index in [0.29, 0.717) is 33.9 Å². The Bertz CT molecular complexity index is 1140. The number of thiazole rings is 1. The summed E-state index contributed by atoms with van der Waals surface area (Å²) in [5.74, 6) is 1.39. The van der Waals surface area contributed by atoms with E-state index in [1.807, 2.05) is 12.1 Å². The van der Waals surface area contributed by atoms with Crippen molar-refractivity contribution in [3.8, 4) is 17.2 Å². The maximum atomic E-state index is 13.4. The van der Waals surface area contributed by atoms with Crippen LogP contribution in [0.25, 0.3) is 16.3 Å². The van der Waals surface area contributed by atoms with Gasteiger partial charge in [0.15, 0.2) is 16.6 Å². The number of benzene rings is 2. The van der Waals surface area contributed by atoms with Crippen molar-refractivity contribution >= 4 is 50.3 Å². The molecule has 3 aromatic rings. The molecule has 0 saturated carbocycles. The van der Waals surface area contributed by atoms with E-state index in [-0.39, 0.29) is 5.91 Å². The lowest BCUT2D eigenvalue weighted by atomic mass is 10.1. The number of hydrogen-bond acceptors (Lipinski definition) is 7. The monoisotopic (exact) mass is 503 g/mol. The third-order valence-corrected chi connectivity index (χ3v) is 6.75. The maximum Gasteiger partial charge on any atom is 0.252 e. The number of likely N-dealkylation sites (N-methyl/N-ethyl adjacent to an activating group) is 1. The smallest absolute Gasteiger partial charge is 0.252 e. The Morgan fingerprint density at radius 1 is 1.03 bits per heavy atom. The van der Waals surface area contributed by atoms with Gasteiger partial charge in [0.2, 0.25) is 5.75 Å². The molecule has 7 nitrogen and oxygen atoms in total. The van der Waals surface area contributed by atoms with Gasteiger partial charge in [0.25, 0.3) is 5.91 Å². The van der Waals surface area contributed by atoms with Gasteiger partial charge in [-0.25, -0.2) is 4.98 Å². The summed E-state index contributed by atoms with van der Waals surface area (Å²) in [6, 6.07) is 9.14. The van der Waals surface area contributed by atoms with Gasteiger partial charge in [-0.2, -0.15) is 0 Å². The Hall–Kier alpha value is -2.81. The average molecular weight is 504 g/mol. The van der Waals surface area contributed by atoms with E-state index >= 15 is 0 Å². The predicted molar refractivity (Wildman–Crippen MR) is 140 cm³/mol. The van der Waals surface area contributed by atoms with Crippen molar-refractivity contribution in [1.29, 1.82) is 0 Å². The van der Waals surface area contributed by atoms with E-state index in [1.54, 1.807) is 56.6 Å². The molecule has 0 fully saturated rings. The fourth-order valence-electron chi connectivity index (χ4n) is 3.54. The highest BCUT2D eigenvalue weighted by molar-refractivity contribution is 7.22. The number of fused-ring (bicyclic) bond motifs is 1. The molecule has 2 aromatic carbocycles. The molecule has 0 aliphatic heterocycles. The van der Waals surface area contributed by atoms with Gasteiger partial charge in [0.1, 0.15) is 0 Å². The van der Waals surface area contributed by atoms with Crippen LogP contribution in [0.1, 0.15) is 19.4 Å². The van der Waals surface area contributed by atoms with Crippen LogP contribution in [0, 0.1) is 0 Å². The molecule has 0 unspecified atom stereocenters. The number of amides is 1. The summed E-state index contributed by atoms with van der Waals surface area (Å²) in [6.07, 6.45) is 3.28. The lowest BCUT2D eigenvalue weighted by Crippen LogP contribution is -2.38. The van der Waals surface area contributed by atoms with Crippen LogP contribution in [0.3, 0.4) is 0 Å². The molecule has 1 aromatic heterocycles. The number of hydrogen-bond donors (Lipinski definition) is 0. The van der Waals surface area contributed by atoms with Gasteiger partial charge in [-0.1, -0.05) is 36.8 Å². The zero-order valence-electron chi connectivity index (χ0n) is 20.1. The first-order valence-electron chi connectivity index (χ1n) is 11.0. The second-order valence-corrected chi connectivity index (χ2v) is 8.86. The SMILES string of the molecule is CCN(CC)CCN(C(=O)/C=C/c1cc(OC)c(OC)c(OC)c1)c1nc2ccc(Cl)cc2s1. The number of carbonyl (C=O) groups excluding carboxylic acids is 1. The molecule has 0 aliphatic rings. The van der Waals surface area contributed by atoms with Crippen molar-refractivity contribution in [2.45, 2.75) is 13.8 Å². The topological polar surface area (TPSA) is 64.1 Å². The molecule has 0 bridgehead atoms. The Morgan fingerprint density at radius 2 is 1.71 bits per heavy atom. The third-order valence-electron chi connectivity index (χ3n) is 5.48. The molecule has 0 spiro atoms. The molecule has 1 heterocycles. The number of carbonyl (C=O) groups is 1. The molecule has 0 N–H and O–H groups in total. The van der Waals surface area contributed by atoms with E-state index in [4.69, 9.17) is 30.8 Å². The average Bonchev–Trinajstić information content (AvgIpc) is 3.27. The number of nitrogens with zero attached hydrogens (tertiary/aromatic N) is 3. The van der Waals surface area contributed by atoms with E-state index in [2.05, 4.69) is 18.7 Å². The van der Waals surface area contributed by atoms with Gasteiger partial charge in [0, 0.05) is 24.2 Å². The van der Waals surface area contributed by atoms with Crippen molar-refractivity contribution in [2.75, 3.05) is 52.4 Å². The summed E-state index contributed by atoms with van der Waals surface area (Å²) in [5, 5.41) is 1.29. The zero-order valence-corrected chi connectivity index (χ0v) is 21.7. The van der Waals surface area contributed by atoms with Gasteiger partial charge in [-0.3, -0.25) is 9.69 Å². The van der Waals surface area contributed by atoms with Crippen LogP contribution in [0.15, 0.2) is 36.4 Å². The van der Waals surface area contributed by atoms with Crippen molar-refractivity contribution in [3.63, 3.8) is 0 Å². The fourth-order valence-corrected chi connectivity index (χ4v) is 4.81. The second-order valence-electron chi connectivity index (χ2n) is 7.42. The highest BCUT2D eigenvalue weighted by Gasteiger charge is 2.19. The first-order valence-corrected chi connectivity index (χ1v) is 12.2. The molecular formula is C25H30ClN3O4S. The Labute approximate surface area is 209 Å². The Balaban J connectivity index is 1.92. The van der Waals surface area contributed by atoms with Crippen LogP contribution in [-0.4, -0.2) is 63.3 Å². The minimum absolute atomic E-state index is 0.161. The van der Waals surface area contributed by atoms with Crippen molar-refractivity contribution in [3.05, 3.63) is 47.0 Å². The molecular weight excluding hydrogens is 474 g/mol. The van der Waals surface area contributed by atoms with Gasteiger partial charge in [-0.15, -0.1) is 0 Å². The number of anilines is 1. The number of rotatable bonds is 11. The van der Waals surface area contributed by atoms with Crippen LogP contribution in [0.2, 0.25) is 5.02 Å². The van der Waals surface area contributed by atoms with Crippen molar-refractivity contribution < 1.29 is 19.0 Å². The lowest BCUT2D eigenvalue weighted by Gasteiger charge is -2.23. The number of halogens is 1. The molecule has 1 amide bonds. The van der Waals surface area contributed by atoms with Crippen LogP contribution >= 0.6 is 22.9 Å². The van der Waals surface area contributed by atoms with E-state index in [0.717, 1.165) is 35.4 Å². The standard InChI is InChI=1S/C25H30ClN3O4S/c1-6-28(7-2)12-13-29(25-27-19-10-9-18(26)16-22(19)34-25)23(30)11-8-17-14-20(31-3)24(33-5)21(15-17)32-4/h8-11,14-16H,6-7,12-13H2,1-5H3/b11-8+. The maximum absolute atomic E-state index is 13.4. The van der Waals surface area contributed by atoms with E-state index in [1.165, 1.54) is 11.3 Å². The first-order chi connectivity index (χ1) is 16.4. The molecule has 3 rings (SSSR count). The van der Waals surface area contributed by atoms with Crippen LogP contribution < -0.4 is 19.1 Å². The molecule has 182 valence electrons. The lowest BCUT2D eigenvalue weighted by molar-refractivity contribution is -0.114. The minimum atomic E-state index is -0.161. The summed E-state index contributed by atoms with van der Waals surface area (Å²) in [6.45, 7) is 7.31. The Morgan fingerprint density at radius 3 is 2.29 bits per heavy atom. The zero-order chi connectivity index (χ0) is 24.7. The van der Waals surface area contributed by atoms with Crippen LogP contribution in [0.5, 0.6) is 17.2 Å². The predicted octanol–water partition coefficient (Wildman–Crippen LogP) is 5.36. The van der Waals surface area contributed by atoms with Gasteiger partial charge in [0.05, 0.1) is 31.5 Å². The van der Waals surface area contributed by atoms with Crippen molar-refractivity contribution in [1.82, 2.24) is 9.88 Å². The van der Waals surface area contributed by atoms with Crippen LogP contribution in [-0.2, 0) is 4.79 Å². The highest BCUT2D eigenvalue weighted by atomic mass is 35.5. The molecule has 0 aliphatic carbocycles. The summed E-state index contributed by atoms with van der Waals surface area (Å²) in [5.41, 5.74) is 1.57. The third kappa shape index (κ3) is 6.00. The number of methoxy groups -OCH3 is 3.